The molecule has 0 saturated carbocycles. The first-order valence-corrected chi connectivity index (χ1v) is 10.3. The van der Waals surface area contributed by atoms with Gasteiger partial charge in [0.1, 0.15) is 0 Å². The summed E-state index contributed by atoms with van der Waals surface area (Å²) < 4.78 is 38.7. The Bertz CT molecular complexity index is 638. The highest BCUT2D eigenvalue weighted by atomic mass is 79.9. The van der Waals surface area contributed by atoms with E-state index in [0.717, 1.165) is 11.1 Å². The lowest BCUT2D eigenvalue weighted by molar-refractivity contribution is 0.438. The number of alkyl halides is 1. The summed E-state index contributed by atoms with van der Waals surface area (Å²) in [5, 5.41) is 0. The zero-order chi connectivity index (χ0) is 14.9. The summed E-state index contributed by atoms with van der Waals surface area (Å²) in [6.07, 6.45) is 0. The van der Waals surface area contributed by atoms with Crippen molar-refractivity contribution >= 4 is 48.4 Å². The predicted molar refractivity (Wildman–Crippen MR) is 85.1 cm³/mol. The number of halogens is 2. The molecule has 2 rings (SSSR count). The van der Waals surface area contributed by atoms with Crippen LogP contribution in [0.25, 0.3) is 0 Å². The Morgan fingerprint density at radius 2 is 1.95 bits per heavy atom. The van der Waals surface area contributed by atoms with Gasteiger partial charge >= 0.3 is 0 Å². The predicted octanol–water partition coefficient (Wildman–Crippen LogP) is 2.25. The fraction of sp³-hybridized carbons (Fsp3) is 0.500. The molecule has 1 aliphatic heterocycles. The largest absolute Gasteiger partial charge is 0.259 e. The van der Waals surface area contributed by atoms with Crippen molar-refractivity contribution in [2.24, 2.45) is 0 Å². The van der Waals surface area contributed by atoms with Crippen LogP contribution in [-0.4, -0.2) is 41.5 Å². The van der Waals surface area contributed by atoms with E-state index in [-0.39, 0.29) is 10.8 Å². The lowest BCUT2D eigenvalue weighted by atomic mass is 10.2. The van der Waals surface area contributed by atoms with E-state index in [9.17, 15) is 12.6 Å². The summed E-state index contributed by atoms with van der Waals surface area (Å²) in [7, 11) is -4.48. The number of sulfonamides is 1. The zero-order valence-corrected chi connectivity index (χ0v) is 14.9. The molecule has 0 atom stereocenters. The quantitative estimate of drug-likeness (QED) is 0.731. The maximum atomic E-state index is 12.7. The van der Waals surface area contributed by atoms with Gasteiger partial charge in [0.2, 0.25) is 10.0 Å². The summed E-state index contributed by atoms with van der Waals surface area (Å²) in [6, 6.07) is 3.46. The Balaban J connectivity index is 2.44. The van der Waals surface area contributed by atoms with E-state index in [2.05, 4.69) is 15.9 Å². The van der Waals surface area contributed by atoms with Crippen LogP contribution in [0.15, 0.2) is 21.5 Å². The first-order valence-electron chi connectivity index (χ1n) is 6.06. The number of hydrogen-bond acceptors (Lipinski definition) is 3. The van der Waals surface area contributed by atoms with Crippen molar-refractivity contribution in [3.05, 3.63) is 27.7 Å². The maximum absolute atomic E-state index is 12.7. The molecule has 1 heterocycles. The zero-order valence-electron chi connectivity index (χ0n) is 10.9. The molecule has 0 aliphatic carbocycles. The maximum Gasteiger partial charge on any atom is 0.244 e. The van der Waals surface area contributed by atoms with Crippen LogP contribution in [0.4, 0.5) is 0 Å². The van der Waals surface area contributed by atoms with Crippen LogP contribution < -0.4 is 0 Å². The SMILES string of the molecule is Cc1cc(CCl)cc(S(=O)(=O)N2CCS(=O)CC2)c1Br. The molecule has 20 heavy (non-hydrogen) atoms. The number of nitrogens with zero attached hydrogens (tertiary/aromatic N) is 1. The van der Waals surface area contributed by atoms with Gasteiger partial charge in [0.15, 0.2) is 0 Å². The number of benzene rings is 1. The standard InChI is InChI=1S/C12H15BrClNO3S2/c1-9-6-10(8-14)7-11(12(9)13)20(17,18)15-2-4-19(16)5-3-15/h6-7H,2-5,8H2,1H3. The second kappa shape index (κ2) is 6.44. The van der Waals surface area contributed by atoms with Crippen molar-refractivity contribution < 1.29 is 12.6 Å². The van der Waals surface area contributed by atoms with Crippen molar-refractivity contribution in [3.63, 3.8) is 0 Å². The van der Waals surface area contributed by atoms with Crippen molar-refractivity contribution in [3.8, 4) is 0 Å². The Morgan fingerprint density at radius 1 is 1.35 bits per heavy atom. The molecule has 0 bridgehead atoms. The van der Waals surface area contributed by atoms with E-state index < -0.39 is 20.8 Å². The molecule has 0 radical (unpaired) electrons. The molecule has 112 valence electrons. The molecule has 4 nitrogen and oxygen atoms in total. The first-order chi connectivity index (χ1) is 9.36. The molecule has 1 aliphatic rings. The topological polar surface area (TPSA) is 54.5 Å². The minimum atomic E-state index is -3.58. The monoisotopic (exact) mass is 399 g/mol. The molecule has 0 spiro atoms. The highest BCUT2D eigenvalue weighted by molar-refractivity contribution is 9.10. The second-order valence-electron chi connectivity index (χ2n) is 4.61. The number of rotatable bonds is 3. The summed E-state index contributed by atoms with van der Waals surface area (Å²) in [6.45, 7) is 2.43. The number of hydrogen-bond donors (Lipinski definition) is 0. The van der Waals surface area contributed by atoms with Crippen molar-refractivity contribution in [1.29, 1.82) is 0 Å². The second-order valence-corrected chi connectivity index (χ2v) is 9.27. The molecule has 1 aromatic carbocycles. The summed E-state index contributed by atoms with van der Waals surface area (Å²) in [4.78, 5) is 0.237. The van der Waals surface area contributed by atoms with Crippen LogP contribution in [0, 0.1) is 6.92 Å². The van der Waals surface area contributed by atoms with Gasteiger partial charge in [-0.05, 0) is 40.0 Å². The van der Waals surface area contributed by atoms with Crippen molar-refractivity contribution in [2.75, 3.05) is 24.6 Å². The Hall–Kier alpha value is 0.0500. The van der Waals surface area contributed by atoms with Gasteiger partial charge in [-0.2, -0.15) is 4.31 Å². The van der Waals surface area contributed by atoms with E-state index in [1.165, 1.54) is 4.31 Å². The Kier molecular flexibility index (Phi) is 5.29. The third-order valence-electron chi connectivity index (χ3n) is 3.19. The van der Waals surface area contributed by atoms with Crippen LogP contribution >= 0.6 is 27.5 Å². The third kappa shape index (κ3) is 3.27. The van der Waals surface area contributed by atoms with Crippen LogP contribution in [0.5, 0.6) is 0 Å². The average molecular weight is 401 g/mol. The van der Waals surface area contributed by atoms with Gasteiger partial charge in [0, 0.05) is 45.7 Å². The van der Waals surface area contributed by atoms with Gasteiger partial charge in [-0.25, -0.2) is 8.42 Å². The van der Waals surface area contributed by atoms with Crippen LogP contribution in [0.3, 0.4) is 0 Å². The molecule has 1 fully saturated rings. The van der Waals surface area contributed by atoms with Crippen molar-refractivity contribution in [2.45, 2.75) is 17.7 Å². The third-order valence-corrected chi connectivity index (χ3v) is 8.01. The van der Waals surface area contributed by atoms with Crippen LogP contribution in [0.1, 0.15) is 11.1 Å². The molecule has 1 aromatic rings. The summed E-state index contributed by atoms with van der Waals surface area (Å²) in [5.41, 5.74) is 1.61. The summed E-state index contributed by atoms with van der Waals surface area (Å²) >= 11 is 9.16. The van der Waals surface area contributed by atoms with Gasteiger partial charge < -0.3 is 0 Å². The van der Waals surface area contributed by atoms with E-state index in [1.807, 2.05) is 13.0 Å². The van der Waals surface area contributed by atoms with Gasteiger partial charge in [-0.1, -0.05) is 6.07 Å². The van der Waals surface area contributed by atoms with Gasteiger partial charge in [0.25, 0.3) is 0 Å². The average Bonchev–Trinajstić information content (AvgIpc) is 2.42. The molecule has 0 unspecified atom stereocenters. The first kappa shape index (κ1) is 16.4. The van der Waals surface area contributed by atoms with E-state index >= 15 is 0 Å². The van der Waals surface area contributed by atoms with Crippen LogP contribution in [-0.2, 0) is 26.7 Å². The molecular formula is C12H15BrClNO3S2. The number of aryl methyl sites for hydroxylation is 1. The van der Waals surface area contributed by atoms with Gasteiger partial charge in [0.05, 0.1) is 4.90 Å². The molecule has 0 N–H and O–H groups in total. The molecule has 0 aromatic heterocycles. The highest BCUT2D eigenvalue weighted by Crippen LogP contribution is 2.30. The van der Waals surface area contributed by atoms with Gasteiger partial charge in [-0.15, -0.1) is 11.6 Å². The Morgan fingerprint density at radius 3 is 2.50 bits per heavy atom. The van der Waals surface area contributed by atoms with E-state index in [4.69, 9.17) is 11.6 Å². The highest BCUT2D eigenvalue weighted by Gasteiger charge is 2.30. The van der Waals surface area contributed by atoms with E-state index in [1.54, 1.807) is 6.07 Å². The normalized spacial score (nSPS) is 18.4. The van der Waals surface area contributed by atoms with Gasteiger partial charge in [-0.3, -0.25) is 4.21 Å². The minimum absolute atomic E-state index is 0.237. The Labute approximate surface area is 135 Å². The molecule has 0 amide bonds. The molecular weight excluding hydrogens is 386 g/mol. The lowest BCUT2D eigenvalue weighted by Gasteiger charge is -2.26. The molecule has 8 heteroatoms. The van der Waals surface area contributed by atoms with Crippen molar-refractivity contribution in [1.82, 2.24) is 4.31 Å². The minimum Gasteiger partial charge on any atom is -0.259 e. The van der Waals surface area contributed by atoms with E-state index in [0.29, 0.717) is 29.1 Å². The fourth-order valence-electron chi connectivity index (χ4n) is 2.07. The smallest absolute Gasteiger partial charge is 0.244 e. The molecule has 1 saturated heterocycles. The van der Waals surface area contributed by atoms with Crippen LogP contribution in [0.2, 0.25) is 0 Å². The lowest BCUT2D eigenvalue weighted by Crippen LogP contribution is -2.41. The fourth-order valence-corrected chi connectivity index (χ4v) is 5.98. The summed E-state index contributed by atoms with van der Waals surface area (Å²) in [5.74, 6) is 1.05.